The molecule has 0 spiro atoms. The maximum atomic E-state index is 15.3. The molecule has 2 fully saturated rings. The van der Waals surface area contributed by atoms with Gasteiger partial charge in [-0.05, 0) is 31.3 Å². The Hall–Kier alpha value is -5.41. The molecule has 54 heavy (non-hydrogen) atoms. The molecule has 0 unspecified atom stereocenters. The van der Waals surface area contributed by atoms with Gasteiger partial charge in [-0.1, -0.05) is 0 Å². The van der Waals surface area contributed by atoms with E-state index in [4.69, 9.17) is 35.9 Å². The Bertz CT molecular complexity index is 1870. The van der Waals surface area contributed by atoms with Crippen molar-refractivity contribution in [3.8, 4) is 0 Å². The number of amides is 1. The number of benzene rings is 1. The molecule has 0 radical (unpaired) electrons. The summed E-state index contributed by atoms with van der Waals surface area (Å²) >= 11 is 5.31. The topological polar surface area (TPSA) is 233 Å². The van der Waals surface area contributed by atoms with Crippen LogP contribution in [0, 0.1) is 5.82 Å². The van der Waals surface area contributed by atoms with Crippen molar-refractivity contribution < 1.29 is 61.9 Å². The zero-order valence-electron chi connectivity index (χ0n) is 30.0. The smallest absolute Gasteiger partial charge is 0.341 e. The van der Waals surface area contributed by atoms with Crippen LogP contribution in [0.25, 0.3) is 10.9 Å². The van der Waals surface area contributed by atoms with Gasteiger partial charge >= 0.3 is 29.8 Å². The summed E-state index contributed by atoms with van der Waals surface area (Å²) in [5, 5.41) is 11.9. The van der Waals surface area contributed by atoms with E-state index in [1.807, 2.05) is 4.90 Å². The number of carbonyl (C=O) groups excluding carboxylic acids is 5. The summed E-state index contributed by atoms with van der Waals surface area (Å²) in [7, 11) is 0. The van der Waals surface area contributed by atoms with Gasteiger partial charge in [-0.3, -0.25) is 44.5 Å². The number of pyridine rings is 1. The van der Waals surface area contributed by atoms with Crippen LogP contribution in [0.2, 0.25) is 0 Å². The van der Waals surface area contributed by atoms with Gasteiger partial charge in [-0.25, -0.2) is 9.18 Å². The molecule has 2 aliphatic rings. The average molecular weight is 781 g/mol. The normalized spacial score (nSPS) is 21.4. The number of fused-ring (bicyclic) bond motifs is 1. The van der Waals surface area contributed by atoms with Crippen molar-refractivity contribution in [2.45, 2.75) is 71.8 Å². The minimum atomic E-state index is -1.43. The molecule has 4 N–H and O–H groups in total. The summed E-state index contributed by atoms with van der Waals surface area (Å²) in [6, 6.07) is 2.57. The molecule has 294 valence electrons. The van der Waals surface area contributed by atoms with Crippen molar-refractivity contribution in [1.29, 1.82) is 0 Å². The van der Waals surface area contributed by atoms with Crippen LogP contribution in [-0.4, -0.2) is 125 Å². The van der Waals surface area contributed by atoms with Gasteiger partial charge in [0.05, 0.1) is 17.7 Å². The molecular weight excluding hydrogens is 739 g/mol. The van der Waals surface area contributed by atoms with Crippen LogP contribution in [0.4, 0.5) is 10.1 Å². The number of halogens is 1. The standard InChI is InChI=1S/C33H41FN6O13S/c1-6-39-13-21(32(47)48)27(46)20-11-22(34)24(12-23(20)39)40-9-7-38(8-10-40)14-26(45)36-37-33(54)35-31-30(52-19(5)44)29(51-18(4)43)28(50-17(3)42)25(53-31)15-49-16(2)41/h11-13,25,28-31H,6-10,14-15H2,1-5H3,(H,36,45)(H,47,48)(H2,35,37,54)/t25-,28+,29+,30-,31-/m1/s1. The Morgan fingerprint density at radius 1 is 0.907 bits per heavy atom. The summed E-state index contributed by atoms with van der Waals surface area (Å²) in [5.41, 5.74) is 4.36. The van der Waals surface area contributed by atoms with Crippen molar-refractivity contribution in [2.24, 2.45) is 0 Å². The zero-order chi connectivity index (χ0) is 39.9. The van der Waals surface area contributed by atoms with E-state index >= 15 is 4.39 Å². The monoisotopic (exact) mass is 780 g/mol. The predicted octanol–water partition coefficient (Wildman–Crippen LogP) is -0.441. The van der Waals surface area contributed by atoms with Crippen LogP contribution in [0.15, 0.2) is 23.1 Å². The van der Waals surface area contributed by atoms with E-state index in [1.54, 1.807) is 16.4 Å². The van der Waals surface area contributed by atoms with Crippen LogP contribution in [0.1, 0.15) is 45.0 Å². The molecule has 2 aromatic rings. The number of ether oxygens (including phenoxy) is 5. The Kier molecular flexibility index (Phi) is 13.8. The van der Waals surface area contributed by atoms with Crippen LogP contribution >= 0.6 is 12.2 Å². The first kappa shape index (κ1) is 41.3. The molecule has 21 heteroatoms. The van der Waals surface area contributed by atoms with Crippen molar-refractivity contribution in [1.82, 2.24) is 25.6 Å². The number of carbonyl (C=O) groups is 6. The number of esters is 4. The van der Waals surface area contributed by atoms with Gasteiger partial charge in [0.1, 0.15) is 24.1 Å². The van der Waals surface area contributed by atoms with E-state index in [0.29, 0.717) is 38.2 Å². The summed E-state index contributed by atoms with van der Waals surface area (Å²) in [4.78, 5) is 88.3. The molecule has 2 saturated heterocycles. The van der Waals surface area contributed by atoms with Crippen molar-refractivity contribution in [2.75, 3.05) is 44.2 Å². The summed E-state index contributed by atoms with van der Waals surface area (Å²) in [6.07, 6.45) is -5.56. The Labute approximate surface area is 312 Å². The van der Waals surface area contributed by atoms with Gasteiger partial charge in [-0.15, -0.1) is 0 Å². The molecule has 0 saturated carbocycles. The van der Waals surface area contributed by atoms with Gasteiger partial charge < -0.3 is 43.6 Å². The average Bonchev–Trinajstić information content (AvgIpc) is 3.09. The first-order chi connectivity index (χ1) is 25.5. The summed E-state index contributed by atoms with van der Waals surface area (Å²) in [6.45, 7) is 7.38. The highest BCUT2D eigenvalue weighted by Crippen LogP contribution is 2.29. The Morgan fingerprint density at radius 2 is 1.52 bits per heavy atom. The number of aromatic carboxylic acids is 1. The molecule has 4 rings (SSSR count). The van der Waals surface area contributed by atoms with E-state index in [9.17, 15) is 38.7 Å². The highest BCUT2D eigenvalue weighted by atomic mass is 32.1. The molecule has 3 heterocycles. The van der Waals surface area contributed by atoms with Gasteiger partial charge in [0, 0.05) is 72.0 Å². The van der Waals surface area contributed by atoms with Gasteiger partial charge in [0.2, 0.25) is 5.43 Å². The zero-order valence-corrected chi connectivity index (χ0v) is 30.9. The quantitative estimate of drug-likeness (QED) is 0.0980. The fourth-order valence-corrected chi connectivity index (χ4v) is 6.25. The number of anilines is 1. The number of nitrogens with zero attached hydrogens (tertiary/aromatic N) is 3. The van der Waals surface area contributed by atoms with E-state index in [2.05, 4.69) is 16.2 Å². The lowest BCUT2D eigenvalue weighted by atomic mass is 9.97. The minimum absolute atomic E-state index is 0.0395. The SMILES string of the molecule is CCn1cc(C(=O)O)c(=O)c2cc(F)c(N3CCN(CC(=O)NNC(=S)N[C@@H]4O[C@H](COC(C)=O)[C@H](OC(C)=O)[C@H](OC(C)=O)[C@H]4OC(C)=O)CC3)cc21. The largest absolute Gasteiger partial charge is 0.477 e. The molecule has 2 aliphatic heterocycles. The van der Waals surface area contributed by atoms with E-state index in [1.165, 1.54) is 12.3 Å². The third kappa shape index (κ3) is 10.4. The second-order valence-electron chi connectivity index (χ2n) is 12.3. The van der Waals surface area contributed by atoms with Gasteiger partial charge in [-0.2, -0.15) is 0 Å². The number of carboxylic acids is 1. The molecule has 1 aromatic carbocycles. The fourth-order valence-electron chi connectivity index (χ4n) is 6.08. The fraction of sp³-hybridized carbons (Fsp3) is 0.515. The molecule has 5 atom stereocenters. The number of nitrogens with one attached hydrogen (secondary N) is 3. The van der Waals surface area contributed by atoms with Crippen molar-refractivity contribution in [3.63, 3.8) is 0 Å². The second kappa shape index (κ2) is 18.1. The number of piperazine rings is 1. The van der Waals surface area contributed by atoms with Crippen LogP contribution in [0.3, 0.4) is 0 Å². The van der Waals surface area contributed by atoms with Crippen LogP contribution in [0.5, 0.6) is 0 Å². The van der Waals surface area contributed by atoms with Gasteiger partial charge in [0.15, 0.2) is 29.7 Å². The van der Waals surface area contributed by atoms with Crippen molar-refractivity contribution in [3.05, 3.63) is 39.9 Å². The molecule has 0 bridgehead atoms. The first-order valence-electron chi connectivity index (χ1n) is 16.7. The third-order valence-corrected chi connectivity index (χ3v) is 8.60. The van der Waals surface area contributed by atoms with Crippen molar-refractivity contribution >= 4 is 69.7 Å². The highest BCUT2D eigenvalue weighted by Gasteiger charge is 2.52. The number of hydrogen-bond donors (Lipinski definition) is 4. The molecule has 19 nitrogen and oxygen atoms in total. The summed E-state index contributed by atoms with van der Waals surface area (Å²) in [5.74, 6) is -5.67. The van der Waals surface area contributed by atoms with Gasteiger partial charge in [0.25, 0.3) is 5.91 Å². The highest BCUT2D eigenvalue weighted by molar-refractivity contribution is 7.80. The maximum absolute atomic E-state index is 15.3. The Morgan fingerprint density at radius 3 is 2.09 bits per heavy atom. The summed E-state index contributed by atoms with van der Waals surface area (Å²) < 4.78 is 44.0. The lowest BCUT2D eigenvalue weighted by Crippen LogP contribution is -2.67. The minimum Gasteiger partial charge on any atom is -0.477 e. The number of hydrazine groups is 1. The predicted molar refractivity (Wildman–Crippen MR) is 188 cm³/mol. The Balaban J connectivity index is 1.38. The molecule has 1 aromatic heterocycles. The first-order valence-corrected chi connectivity index (χ1v) is 17.1. The number of hydrogen-bond acceptors (Lipinski definition) is 15. The number of rotatable bonds is 11. The number of carboxylic acid groups (broad SMARTS) is 1. The number of aryl methyl sites for hydroxylation is 1. The van der Waals surface area contributed by atoms with E-state index in [0.717, 1.165) is 33.8 Å². The second-order valence-corrected chi connectivity index (χ2v) is 12.7. The number of aromatic nitrogens is 1. The third-order valence-electron chi connectivity index (χ3n) is 8.38. The maximum Gasteiger partial charge on any atom is 0.341 e. The molecular formula is C33H41FN6O13S. The van der Waals surface area contributed by atoms with Crippen LogP contribution in [-0.2, 0) is 54.2 Å². The van der Waals surface area contributed by atoms with E-state index < -0.39 is 89.8 Å². The van der Waals surface area contributed by atoms with Crippen LogP contribution < -0.4 is 26.5 Å². The lowest BCUT2D eigenvalue weighted by molar-refractivity contribution is -0.254. The molecule has 0 aliphatic carbocycles. The lowest BCUT2D eigenvalue weighted by Gasteiger charge is -2.44. The van der Waals surface area contributed by atoms with E-state index in [-0.39, 0.29) is 22.7 Å². The molecule has 1 amide bonds. The number of thiocarbonyl (C=S) groups is 1.